The van der Waals surface area contributed by atoms with Crippen LogP contribution < -0.4 is 16.0 Å². The Morgan fingerprint density at radius 1 is 1.06 bits per heavy atom. The van der Waals surface area contributed by atoms with Crippen LogP contribution in [-0.4, -0.2) is 28.2 Å². The highest BCUT2D eigenvalue weighted by atomic mass is 79.9. The molecule has 2 aromatic carbocycles. The summed E-state index contributed by atoms with van der Waals surface area (Å²) in [7, 11) is 0. The smallest absolute Gasteiger partial charge is 0.319 e. The lowest BCUT2D eigenvalue weighted by Gasteiger charge is -2.23. The molecule has 0 saturated heterocycles. The molecule has 0 aliphatic heterocycles. The van der Waals surface area contributed by atoms with Gasteiger partial charge in [0, 0.05) is 14.5 Å². The van der Waals surface area contributed by atoms with Crippen LogP contribution in [0.15, 0.2) is 57.5 Å². The number of urea groups is 1. The molecule has 0 fully saturated rings. The third kappa shape index (κ3) is 6.34. The van der Waals surface area contributed by atoms with Gasteiger partial charge >= 0.3 is 6.03 Å². The molecule has 3 amide bonds. The number of aromatic nitrogens is 2. The maximum Gasteiger partial charge on any atom is 0.319 e. The van der Waals surface area contributed by atoms with Crippen molar-refractivity contribution in [3.63, 3.8) is 0 Å². The van der Waals surface area contributed by atoms with Crippen molar-refractivity contribution in [1.82, 2.24) is 15.5 Å². The fourth-order valence-electron chi connectivity index (χ4n) is 2.76. The molecule has 1 heterocycles. The van der Waals surface area contributed by atoms with Crippen LogP contribution in [0, 0.1) is 5.92 Å². The Balaban J connectivity index is 1.69. The van der Waals surface area contributed by atoms with Crippen molar-refractivity contribution in [2.75, 3.05) is 10.6 Å². The Labute approximate surface area is 201 Å². The second kappa shape index (κ2) is 10.8. The predicted octanol–water partition coefficient (Wildman–Crippen LogP) is 5.91. The van der Waals surface area contributed by atoms with E-state index in [9.17, 15) is 9.59 Å². The minimum atomic E-state index is -0.731. The Morgan fingerprint density at radius 2 is 1.84 bits per heavy atom. The lowest BCUT2D eigenvalue weighted by atomic mass is 9.98. The van der Waals surface area contributed by atoms with E-state index in [-0.39, 0.29) is 11.8 Å². The van der Waals surface area contributed by atoms with Crippen LogP contribution in [0.4, 0.5) is 15.6 Å². The minimum absolute atomic E-state index is 0.0811. The van der Waals surface area contributed by atoms with Crippen molar-refractivity contribution in [2.45, 2.75) is 26.3 Å². The van der Waals surface area contributed by atoms with Crippen LogP contribution in [0.1, 0.15) is 20.3 Å². The fraction of sp³-hybridized carbons (Fsp3) is 0.238. The van der Waals surface area contributed by atoms with Gasteiger partial charge in [-0.25, -0.2) is 4.79 Å². The number of halogens is 2. The van der Waals surface area contributed by atoms with Gasteiger partial charge in [-0.05, 0) is 46.1 Å². The molecule has 3 N–H and O–H groups in total. The SMILES string of the molecule is CC[C@@H](C)[C@H](NC(=O)Nc1ccccc1Br)C(=O)Nc1nnc(-c2cccc(Br)c2)s1. The van der Waals surface area contributed by atoms with Crippen LogP contribution in [0.3, 0.4) is 0 Å². The zero-order chi connectivity index (χ0) is 22.4. The summed E-state index contributed by atoms with van der Waals surface area (Å²) in [4.78, 5) is 25.5. The van der Waals surface area contributed by atoms with Crippen LogP contribution in [0.25, 0.3) is 10.6 Å². The van der Waals surface area contributed by atoms with E-state index in [1.807, 2.05) is 56.3 Å². The third-order valence-electron chi connectivity index (χ3n) is 4.63. The molecule has 2 atom stereocenters. The Morgan fingerprint density at radius 3 is 2.55 bits per heavy atom. The van der Waals surface area contributed by atoms with E-state index in [2.05, 4.69) is 58.0 Å². The van der Waals surface area contributed by atoms with Gasteiger partial charge in [-0.15, -0.1) is 10.2 Å². The number of amides is 3. The maximum atomic E-state index is 12.9. The van der Waals surface area contributed by atoms with E-state index in [4.69, 9.17) is 0 Å². The molecule has 1 aromatic heterocycles. The summed E-state index contributed by atoms with van der Waals surface area (Å²) in [5.74, 6) is -0.420. The molecule has 3 aromatic rings. The van der Waals surface area contributed by atoms with Gasteiger partial charge in [0.25, 0.3) is 0 Å². The van der Waals surface area contributed by atoms with Gasteiger partial charge in [0.15, 0.2) is 0 Å². The number of carbonyl (C=O) groups excluding carboxylic acids is 2. The standard InChI is InChI=1S/C21H21Br2N5O2S/c1-3-12(2)17(25-20(30)24-16-10-5-4-9-15(16)23)18(29)26-21-28-27-19(31-21)13-7-6-8-14(22)11-13/h4-12,17H,3H2,1-2H3,(H2,24,25,30)(H,26,28,29)/t12-,17+/m1/s1. The quantitative estimate of drug-likeness (QED) is 0.331. The van der Waals surface area contributed by atoms with Crippen LogP contribution >= 0.6 is 43.2 Å². The highest BCUT2D eigenvalue weighted by molar-refractivity contribution is 9.10. The first-order valence-corrected chi connectivity index (χ1v) is 12.0. The first kappa shape index (κ1) is 23.4. The molecule has 0 unspecified atom stereocenters. The second-order valence-corrected chi connectivity index (χ2v) is 9.60. The van der Waals surface area contributed by atoms with Gasteiger partial charge in [0.05, 0.1) is 5.69 Å². The van der Waals surface area contributed by atoms with Gasteiger partial charge in [-0.2, -0.15) is 0 Å². The number of rotatable bonds is 7. The van der Waals surface area contributed by atoms with E-state index in [0.717, 1.165) is 14.5 Å². The zero-order valence-electron chi connectivity index (χ0n) is 16.9. The van der Waals surface area contributed by atoms with Crippen molar-refractivity contribution in [3.8, 4) is 10.6 Å². The van der Waals surface area contributed by atoms with Crippen LogP contribution in [0.2, 0.25) is 0 Å². The molecule has 0 saturated carbocycles. The number of hydrogen-bond donors (Lipinski definition) is 3. The fourth-order valence-corrected chi connectivity index (χ4v) is 4.29. The molecule has 0 bridgehead atoms. The minimum Gasteiger partial charge on any atom is -0.326 e. The summed E-state index contributed by atoms with van der Waals surface area (Å²) in [5, 5.41) is 17.6. The van der Waals surface area contributed by atoms with Gasteiger partial charge in [0.1, 0.15) is 11.0 Å². The lowest BCUT2D eigenvalue weighted by Crippen LogP contribution is -2.49. The normalized spacial score (nSPS) is 12.6. The lowest BCUT2D eigenvalue weighted by molar-refractivity contribution is -0.119. The van der Waals surface area contributed by atoms with Crippen molar-refractivity contribution in [1.29, 1.82) is 0 Å². The number of nitrogens with one attached hydrogen (secondary N) is 3. The van der Waals surface area contributed by atoms with Crippen molar-refractivity contribution >= 4 is 66.0 Å². The first-order chi connectivity index (χ1) is 14.9. The Bertz CT molecular complexity index is 1080. The molecule has 0 aliphatic carbocycles. The molecular weight excluding hydrogens is 546 g/mol. The molecule has 7 nitrogen and oxygen atoms in total. The van der Waals surface area contributed by atoms with E-state index in [1.165, 1.54) is 11.3 Å². The monoisotopic (exact) mass is 565 g/mol. The molecule has 0 spiro atoms. The Kier molecular flexibility index (Phi) is 8.16. The summed E-state index contributed by atoms with van der Waals surface area (Å²) < 4.78 is 1.69. The van der Waals surface area contributed by atoms with E-state index in [0.29, 0.717) is 22.2 Å². The molecule has 31 heavy (non-hydrogen) atoms. The number of nitrogens with zero attached hydrogens (tertiary/aromatic N) is 2. The topological polar surface area (TPSA) is 96.0 Å². The highest BCUT2D eigenvalue weighted by Crippen LogP contribution is 2.28. The van der Waals surface area contributed by atoms with Gasteiger partial charge in [-0.1, -0.05) is 71.8 Å². The van der Waals surface area contributed by atoms with Gasteiger partial charge in [-0.3, -0.25) is 10.1 Å². The summed E-state index contributed by atoms with van der Waals surface area (Å²) in [6.07, 6.45) is 0.715. The molecule has 0 radical (unpaired) electrons. The zero-order valence-corrected chi connectivity index (χ0v) is 20.8. The molecule has 10 heteroatoms. The number of anilines is 2. The largest absolute Gasteiger partial charge is 0.326 e. The summed E-state index contributed by atoms with van der Waals surface area (Å²) >= 11 is 8.11. The van der Waals surface area contributed by atoms with Crippen molar-refractivity contribution < 1.29 is 9.59 Å². The average Bonchev–Trinajstić information content (AvgIpc) is 3.21. The van der Waals surface area contributed by atoms with Crippen LogP contribution in [-0.2, 0) is 4.79 Å². The van der Waals surface area contributed by atoms with E-state index >= 15 is 0 Å². The van der Waals surface area contributed by atoms with Crippen molar-refractivity contribution in [3.05, 3.63) is 57.5 Å². The number of para-hydroxylation sites is 1. The first-order valence-electron chi connectivity index (χ1n) is 9.59. The molecule has 0 aliphatic rings. The summed E-state index contributed by atoms with van der Waals surface area (Å²) in [6, 6.07) is 13.8. The number of benzene rings is 2. The molecule has 3 rings (SSSR count). The number of hydrogen-bond acceptors (Lipinski definition) is 5. The maximum absolute atomic E-state index is 12.9. The average molecular weight is 567 g/mol. The molecular formula is C21H21Br2N5O2S. The van der Waals surface area contributed by atoms with Crippen molar-refractivity contribution in [2.24, 2.45) is 5.92 Å². The number of carbonyl (C=O) groups is 2. The summed E-state index contributed by atoms with van der Waals surface area (Å²) in [5.41, 5.74) is 1.52. The predicted molar refractivity (Wildman–Crippen MR) is 131 cm³/mol. The summed E-state index contributed by atoms with van der Waals surface area (Å²) in [6.45, 7) is 3.88. The van der Waals surface area contributed by atoms with Gasteiger partial charge in [0.2, 0.25) is 11.0 Å². The van der Waals surface area contributed by atoms with Crippen LogP contribution in [0.5, 0.6) is 0 Å². The van der Waals surface area contributed by atoms with E-state index in [1.54, 1.807) is 6.07 Å². The third-order valence-corrected chi connectivity index (χ3v) is 6.70. The second-order valence-electron chi connectivity index (χ2n) is 6.85. The molecule has 162 valence electrons. The highest BCUT2D eigenvalue weighted by Gasteiger charge is 2.27. The van der Waals surface area contributed by atoms with Gasteiger partial charge < -0.3 is 10.6 Å². The Hall–Kier alpha value is -2.30. The van der Waals surface area contributed by atoms with E-state index < -0.39 is 12.1 Å².